The van der Waals surface area contributed by atoms with Gasteiger partial charge in [-0.25, -0.2) is 0 Å². The number of nitrogens with one attached hydrogen (secondary N) is 2. The first kappa shape index (κ1) is 26.3. The summed E-state index contributed by atoms with van der Waals surface area (Å²) in [5.74, 6) is 1.79. The van der Waals surface area contributed by atoms with Gasteiger partial charge in [0, 0.05) is 18.0 Å². The van der Waals surface area contributed by atoms with E-state index in [0.717, 1.165) is 35.3 Å². The molecule has 1 aliphatic heterocycles. The predicted molar refractivity (Wildman–Crippen MR) is 156 cm³/mol. The highest BCUT2D eigenvalue weighted by Gasteiger charge is 2.40. The van der Waals surface area contributed by atoms with Gasteiger partial charge in [0.25, 0.3) is 0 Å². The van der Waals surface area contributed by atoms with Gasteiger partial charge in [-0.15, -0.1) is 0 Å². The van der Waals surface area contributed by atoms with Crippen LogP contribution in [0, 0.1) is 17.2 Å². The molecule has 206 valence electrons. The van der Waals surface area contributed by atoms with E-state index in [-0.39, 0.29) is 12.3 Å². The van der Waals surface area contributed by atoms with Crippen LogP contribution < -0.4 is 15.4 Å². The van der Waals surface area contributed by atoms with Crippen molar-refractivity contribution in [2.45, 2.75) is 56.5 Å². The molecule has 2 unspecified atom stereocenters. The van der Waals surface area contributed by atoms with Gasteiger partial charge in [0.05, 0.1) is 24.0 Å². The summed E-state index contributed by atoms with van der Waals surface area (Å²) >= 11 is 0. The number of anilines is 1. The normalized spacial score (nSPS) is 22.1. The lowest BCUT2D eigenvalue weighted by Crippen LogP contribution is -2.38. The molecule has 1 amide bonds. The van der Waals surface area contributed by atoms with Crippen LogP contribution in [0.25, 0.3) is 22.0 Å². The first-order chi connectivity index (χ1) is 19.5. The zero-order chi connectivity index (χ0) is 27.6. The van der Waals surface area contributed by atoms with Crippen molar-refractivity contribution in [3.05, 3.63) is 60.2 Å². The first-order valence-corrected chi connectivity index (χ1v) is 14.3. The van der Waals surface area contributed by atoms with Crippen LogP contribution in [-0.4, -0.2) is 59.6 Å². The lowest BCUT2D eigenvalue weighted by molar-refractivity contribution is -0.117. The molecule has 4 atom stereocenters. The second kappa shape index (κ2) is 11.3. The van der Waals surface area contributed by atoms with Crippen LogP contribution >= 0.6 is 0 Å². The Hall–Kier alpha value is -3.96. The fraction of sp³-hybridized carbons (Fsp3) is 0.438. The van der Waals surface area contributed by atoms with Crippen molar-refractivity contribution in [2.24, 2.45) is 5.92 Å². The lowest BCUT2D eigenvalue weighted by Gasteiger charge is -2.31. The number of nitriles is 1. The third-order valence-electron chi connectivity index (χ3n) is 8.92. The van der Waals surface area contributed by atoms with Crippen molar-refractivity contribution in [3.63, 3.8) is 0 Å². The van der Waals surface area contributed by atoms with Gasteiger partial charge in [-0.1, -0.05) is 30.8 Å². The Balaban J connectivity index is 1.33. The average Bonchev–Trinajstić information content (AvgIpc) is 3.48. The van der Waals surface area contributed by atoms with Gasteiger partial charge in [0.2, 0.25) is 5.91 Å². The van der Waals surface area contributed by atoms with Gasteiger partial charge >= 0.3 is 6.01 Å². The third-order valence-corrected chi connectivity index (χ3v) is 8.92. The van der Waals surface area contributed by atoms with Gasteiger partial charge in [-0.3, -0.25) is 4.79 Å². The molecule has 2 aromatic carbocycles. The first-order valence-electron chi connectivity index (χ1n) is 14.3. The number of likely N-dealkylation sites (N-methyl/N-ethyl adjacent to an activating group) is 1. The largest absolute Gasteiger partial charge is 0.462 e. The molecular formula is C32H36N6O2. The van der Waals surface area contributed by atoms with Gasteiger partial charge in [0.1, 0.15) is 12.4 Å². The number of rotatable bonds is 10. The average molecular weight is 537 g/mol. The minimum absolute atomic E-state index is 0.165. The summed E-state index contributed by atoms with van der Waals surface area (Å²) in [4.78, 5) is 23.8. The van der Waals surface area contributed by atoms with Crippen LogP contribution in [0.2, 0.25) is 0 Å². The molecule has 8 nitrogen and oxygen atoms in total. The van der Waals surface area contributed by atoms with Crippen molar-refractivity contribution in [3.8, 4) is 23.2 Å². The number of amides is 1. The van der Waals surface area contributed by atoms with E-state index in [1.54, 1.807) is 0 Å². The van der Waals surface area contributed by atoms with Gasteiger partial charge in [-0.05, 0) is 98.0 Å². The highest BCUT2D eigenvalue weighted by molar-refractivity contribution is 5.93. The molecule has 3 aliphatic rings. The number of hydrogen-bond donors (Lipinski definition) is 2. The fourth-order valence-corrected chi connectivity index (χ4v) is 6.56. The molecule has 1 saturated heterocycles. The highest BCUT2D eigenvalue weighted by Crippen LogP contribution is 2.54. The molecule has 2 aliphatic carbocycles. The van der Waals surface area contributed by atoms with Crippen molar-refractivity contribution in [1.82, 2.24) is 20.2 Å². The number of carbonyl (C=O) groups is 1. The summed E-state index contributed by atoms with van der Waals surface area (Å²) in [6.45, 7) is 5.45. The predicted octanol–water partition coefficient (Wildman–Crippen LogP) is 4.82. The molecule has 40 heavy (non-hydrogen) atoms. The Morgan fingerprint density at radius 1 is 1.27 bits per heavy atom. The Bertz CT molecular complexity index is 1480. The lowest BCUT2D eigenvalue weighted by atomic mass is 9.73. The summed E-state index contributed by atoms with van der Waals surface area (Å²) in [5, 5.41) is 16.3. The van der Waals surface area contributed by atoms with Crippen LogP contribution in [-0.2, 0) is 11.2 Å². The van der Waals surface area contributed by atoms with Gasteiger partial charge < -0.3 is 20.3 Å². The van der Waals surface area contributed by atoms with Crippen LogP contribution in [0.4, 0.5) is 5.82 Å². The number of benzene rings is 2. The molecule has 1 saturated carbocycles. The summed E-state index contributed by atoms with van der Waals surface area (Å²) in [6, 6.07) is 15.5. The summed E-state index contributed by atoms with van der Waals surface area (Å²) < 4.78 is 6.17. The highest BCUT2D eigenvalue weighted by atomic mass is 16.5. The molecule has 6 rings (SSSR count). The summed E-state index contributed by atoms with van der Waals surface area (Å²) in [6.07, 6.45) is 7.44. The quantitative estimate of drug-likeness (QED) is 0.358. The number of ether oxygens (including phenoxy) is 1. The molecule has 1 aromatic heterocycles. The van der Waals surface area contributed by atoms with E-state index >= 15 is 0 Å². The zero-order valence-electron chi connectivity index (χ0n) is 23.0. The van der Waals surface area contributed by atoms with E-state index in [0.29, 0.717) is 36.9 Å². The molecule has 2 fully saturated rings. The monoisotopic (exact) mass is 536 g/mol. The van der Waals surface area contributed by atoms with Crippen molar-refractivity contribution in [2.75, 3.05) is 32.1 Å². The van der Waals surface area contributed by atoms with E-state index < -0.39 is 6.04 Å². The Morgan fingerprint density at radius 2 is 2.17 bits per heavy atom. The number of hydrogen-bond acceptors (Lipinski definition) is 7. The molecule has 2 heterocycles. The number of aromatic nitrogens is 2. The Kier molecular flexibility index (Phi) is 7.40. The summed E-state index contributed by atoms with van der Waals surface area (Å²) in [7, 11) is 2.12. The van der Waals surface area contributed by atoms with Gasteiger partial charge in [-0.2, -0.15) is 15.2 Å². The van der Waals surface area contributed by atoms with Crippen LogP contribution in [0.3, 0.4) is 0 Å². The van der Waals surface area contributed by atoms with Crippen LogP contribution in [0.15, 0.2) is 49.1 Å². The molecule has 0 spiro atoms. The third kappa shape index (κ3) is 5.14. The topological polar surface area (TPSA) is 103 Å². The zero-order valence-corrected chi connectivity index (χ0v) is 23.0. The second-order valence-corrected chi connectivity index (χ2v) is 11.4. The maximum Gasteiger partial charge on any atom is 0.318 e. The van der Waals surface area contributed by atoms with Crippen LogP contribution in [0.1, 0.15) is 49.1 Å². The van der Waals surface area contributed by atoms with E-state index in [1.807, 2.05) is 0 Å². The molecule has 8 heteroatoms. The maximum absolute atomic E-state index is 11.9. The second-order valence-electron chi connectivity index (χ2n) is 11.4. The molecule has 2 N–H and O–H groups in total. The Morgan fingerprint density at radius 3 is 2.92 bits per heavy atom. The summed E-state index contributed by atoms with van der Waals surface area (Å²) in [5.41, 5.74) is 6.27. The minimum Gasteiger partial charge on any atom is -0.462 e. The minimum atomic E-state index is -0.390. The standard InChI is InChI=1S/C32H36N6O2/c1-3-29(39)35-23(13-14-33)18-34-31-27-12-10-21(25-8-4-6-22-16-20-9-11-26(20)30(22)25)17-28(27)36-32(37-31)40-19-24-7-5-15-38(24)2/h3-4,6,8,10,12,17,20,23-24,26H,1,5,7,9,11,13,15-16,18-19H2,2H3,(H,35,39)(H,34,36,37)/t20?,23-,24-,26?/m0/s1. The van der Waals surface area contributed by atoms with Crippen molar-refractivity contribution < 1.29 is 9.53 Å². The van der Waals surface area contributed by atoms with E-state index in [2.05, 4.69) is 71.6 Å². The Labute approximate surface area is 235 Å². The van der Waals surface area contributed by atoms with Crippen LogP contribution in [0.5, 0.6) is 6.01 Å². The van der Waals surface area contributed by atoms with E-state index in [9.17, 15) is 10.1 Å². The number of likely N-dealkylation sites (tertiary alicyclic amines) is 1. The molecule has 0 bridgehead atoms. The smallest absolute Gasteiger partial charge is 0.318 e. The molecular weight excluding hydrogens is 500 g/mol. The number of fused-ring (bicyclic) bond motifs is 4. The van der Waals surface area contributed by atoms with E-state index in [1.165, 1.54) is 48.4 Å². The number of carbonyl (C=O) groups excluding carboxylic acids is 1. The van der Waals surface area contributed by atoms with Gasteiger partial charge in [0.15, 0.2) is 0 Å². The molecule has 0 radical (unpaired) electrons. The maximum atomic E-state index is 11.9. The number of nitrogens with zero attached hydrogens (tertiary/aromatic N) is 4. The van der Waals surface area contributed by atoms with E-state index in [4.69, 9.17) is 14.7 Å². The SMILES string of the molecule is C=CC(=O)N[C@@H](CC#N)CNc1nc(OC[C@@H]2CCCN2C)nc2cc(-c3cccc4c3C3CCC3C4)ccc12. The fourth-order valence-electron chi connectivity index (χ4n) is 6.56. The van der Waals surface area contributed by atoms with Crippen molar-refractivity contribution in [1.29, 1.82) is 5.26 Å². The molecule has 3 aromatic rings. The van der Waals surface area contributed by atoms with Crippen molar-refractivity contribution >= 4 is 22.6 Å².